The SMILES string of the molecule is Cc1ccc(S(=O)(=O)N2C[C@@H]3OC(C)(C)O[C@@H]3[C@@H](O[C@H]3CCCCO3)[C@@H]2C(=O)OCc2ccccc2)cc1. The number of hydrogen-bond acceptors (Lipinski definition) is 8. The van der Waals surface area contributed by atoms with E-state index in [-0.39, 0.29) is 18.0 Å². The molecule has 3 fully saturated rings. The molecule has 0 radical (unpaired) electrons. The van der Waals surface area contributed by atoms with Crippen LogP contribution in [0.25, 0.3) is 0 Å². The predicted molar refractivity (Wildman–Crippen MR) is 137 cm³/mol. The molecule has 10 heteroatoms. The lowest BCUT2D eigenvalue weighted by molar-refractivity contribution is -0.235. The number of carbonyl (C=O) groups excluding carboxylic acids is 1. The molecule has 3 aliphatic rings. The smallest absolute Gasteiger partial charge is 0.327 e. The highest BCUT2D eigenvalue weighted by Crippen LogP contribution is 2.40. The van der Waals surface area contributed by atoms with E-state index in [0.717, 1.165) is 28.3 Å². The number of carbonyl (C=O) groups is 1. The monoisotopic (exact) mass is 545 g/mol. The molecule has 3 heterocycles. The van der Waals surface area contributed by atoms with Crippen molar-refractivity contribution in [1.29, 1.82) is 0 Å². The number of piperidine rings is 1. The maximum Gasteiger partial charge on any atom is 0.327 e. The Morgan fingerprint density at radius 3 is 2.47 bits per heavy atom. The Hall–Kier alpha value is -2.34. The Labute approximate surface area is 224 Å². The third-order valence-electron chi connectivity index (χ3n) is 7.07. The van der Waals surface area contributed by atoms with Crippen LogP contribution in [-0.4, -0.2) is 68.3 Å². The van der Waals surface area contributed by atoms with Crippen molar-refractivity contribution in [3.63, 3.8) is 0 Å². The molecule has 0 aliphatic carbocycles. The maximum absolute atomic E-state index is 14.0. The van der Waals surface area contributed by atoms with Crippen molar-refractivity contribution in [3.05, 3.63) is 65.7 Å². The first-order chi connectivity index (χ1) is 18.1. The minimum atomic E-state index is -4.13. The average molecular weight is 546 g/mol. The summed E-state index contributed by atoms with van der Waals surface area (Å²) in [7, 11) is -4.13. The van der Waals surface area contributed by atoms with Gasteiger partial charge in [0.15, 0.2) is 18.1 Å². The summed E-state index contributed by atoms with van der Waals surface area (Å²) in [6, 6.07) is 14.5. The topological polar surface area (TPSA) is 101 Å². The van der Waals surface area contributed by atoms with Crippen LogP contribution in [0.15, 0.2) is 59.5 Å². The van der Waals surface area contributed by atoms with E-state index < -0.39 is 52.4 Å². The lowest BCUT2D eigenvalue weighted by Gasteiger charge is -2.44. The van der Waals surface area contributed by atoms with Gasteiger partial charge in [0.25, 0.3) is 0 Å². The van der Waals surface area contributed by atoms with Crippen molar-refractivity contribution in [2.45, 2.75) is 88.0 Å². The number of rotatable bonds is 7. The molecule has 0 bridgehead atoms. The predicted octanol–water partition coefficient (Wildman–Crippen LogP) is 3.54. The van der Waals surface area contributed by atoms with Crippen LogP contribution < -0.4 is 0 Å². The van der Waals surface area contributed by atoms with E-state index in [0.29, 0.717) is 13.0 Å². The normalized spacial score (nSPS) is 29.5. The van der Waals surface area contributed by atoms with Crippen LogP contribution in [0.4, 0.5) is 0 Å². The van der Waals surface area contributed by atoms with Gasteiger partial charge in [0.1, 0.15) is 24.9 Å². The van der Waals surface area contributed by atoms with Gasteiger partial charge in [-0.1, -0.05) is 48.0 Å². The number of esters is 1. The van der Waals surface area contributed by atoms with Crippen LogP contribution in [0, 0.1) is 6.92 Å². The molecule has 0 spiro atoms. The molecule has 3 aliphatic heterocycles. The largest absolute Gasteiger partial charge is 0.460 e. The van der Waals surface area contributed by atoms with Gasteiger partial charge in [0, 0.05) is 13.2 Å². The Balaban J connectivity index is 1.52. The number of ether oxygens (including phenoxy) is 5. The maximum atomic E-state index is 14.0. The highest BCUT2D eigenvalue weighted by molar-refractivity contribution is 7.89. The molecule has 3 saturated heterocycles. The first-order valence-corrected chi connectivity index (χ1v) is 14.5. The third kappa shape index (κ3) is 5.80. The van der Waals surface area contributed by atoms with E-state index in [1.807, 2.05) is 37.3 Å². The average Bonchev–Trinajstić information content (AvgIpc) is 3.22. The van der Waals surface area contributed by atoms with Crippen molar-refractivity contribution >= 4 is 16.0 Å². The fourth-order valence-electron chi connectivity index (χ4n) is 5.22. The molecule has 206 valence electrons. The van der Waals surface area contributed by atoms with Crippen LogP contribution in [0.5, 0.6) is 0 Å². The van der Waals surface area contributed by atoms with E-state index in [9.17, 15) is 13.2 Å². The van der Waals surface area contributed by atoms with Crippen molar-refractivity contribution in [3.8, 4) is 0 Å². The fourth-order valence-corrected chi connectivity index (χ4v) is 6.82. The number of aryl methyl sites for hydroxylation is 1. The number of fused-ring (bicyclic) bond motifs is 1. The van der Waals surface area contributed by atoms with Gasteiger partial charge in [-0.3, -0.25) is 4.79 Å². The number of hydrogen-bond donors (Lipinski definition) is 0. The van der Waals surface area contributed by atoms with E-state index in [4.69, 9.17) is 23.7 Å². The highest BCUT2D eigenvalue weighted by atomic mass is 32.2. The molecule has 5 rings (SSSR count). The summed E-state index contributed by atoms with van der Waals surface area (Å²) < 4.78 is 59.4. The van der Waals surface area contributed by atoms with Crippen LogP contribution in [-0.2, 0) is 45.1 Å². The Kier molecular flexibility index (Phi) is 7.91. The van der Waals surface area contributed by atoms with Gasteiger partial charge in [0.2, 0.25) is 10.0 Å². The molecule has 5 atom stereocenters. The minimum absolute atomic E-state index is 0.00180. The quantitative estimate of drug-likeness (QED) is 0.487. The molecular weight excluding hydrogens is 510 g/mol. The Morgan fingerprint density at radius 1 is 1.05 bits per heavy atom. The van der Waals surface area contributed by atoms with Crippen LogP contribution in [0.3, 0.4) is 0 Å². The summed E-state index contributed by atoms with van der Waals surface area (Å²) >= 11 is 0. The molecule has 2 aromatic carbocycles. The second kappa shape index (κ2) is 11.0. The zero-order valence-corrected chi connectivity index (χ0v) is 22.8. The van der Waals surface area contributed by atoms with Crippen LogP contribution in [0.2, 0.25) is 0 Å². The lowest BCUT2D eigenvalue weighted by atomic mass is 9.95. The molecule has 0 saturated carbocycles. The van der Waals surface area contributed by atoms with Gasteiger partial charge in [-0.05, 0) is 57.7 Å². The van der Waals surface area contributed by atoms with E-state index in [2.05, 4.69) is 0 Å². The summed E-state index contributed by atoms with van der Waals surface area (Å²) in [6.07, 6.45) is -0.460. The van der Waals surface area contributed by atoms with Crippen molar-refractivity contribution in [1.82, 2.24) is 4.31 Å². The number of sulfonamides is 1. The van der Waals surface area contributed by atoms with Crippen molar-refractivity contribution in [2.24, 2.45) is 0 Å². The Morgan fingerprint density at radius 2 is 1.79 bits per heavy atom. The van der Waals surface area contributed by atoms with Gasteiger partial charge in [-0.25, -0.2) is 8.42 Å². The van der Waals surface area contributed by atoms with Crippen molar-refractivity contribution in [2.75, 3.05) is 13.2 Å². The summed E-state index contributed by atoms with van der Waals surface area (Å²) in [5, 5.41) is 0. The number of nitrogens with zero attached hydrogens (tertiary/aromatic N) is 1. The molecule has 38 heavy (non-hydrogen) atoms. The summed E-state index contributed by atoms with van der Waals surface area (Å²) in [4.78, 5) is 13.8. The lowest BCUT2D eigenvalue weighted by Crippen LogP contribution is -2.66. The Bertz CT molecular complexity index is 1210. The fraction of sp³-hybridized carbons (Fsp3) is 0.536. The van der Waals surface area contributed by atoms with E-state index >= 15 is 0 Å². The third-order valence-corrected chi connectivity index (χ3v) is 8.93. The highest BCUT2D eigenvalue weighted by Gasteiger charge is 2.59. The summed E-state index contributed by atoms with van der Waals surface area (Å²) in [5.74, 6) is -1.69. The zero-order valence-electron chi connectivity index (χ0n) is 21.9. The molecule has 0 aromatic heterocycles. The first kappa shape index (κ1) is 27.2. The molecule has 0 N–H and O–H groups in total. The van der Waals surface area contributed by atoms with Gasteiger partial charge in [-0.15, -0.1) is 0 Å². The van der Waals surface area contributed by atoms with Gasteiger partial charge < -0.3 is 23.7 Å². The van der Waals surface area contributed by atoms with Crippen LogP contribution >= 0.6 is 0 Å². The molecule has 0 amide bonds. The first-order valence-electron chi connectivity index (χ1n) is 13.1. The molecular formula is C28H35NO8S. The van der Waals surface area contributed by atoms with E-state index in [1.165, 1.54) is 0 Å². The van der Waals surface area contributed by atoms with Crippen molar-refractivity contribution < 1.29 is 36.9 Å². The zero-order chi connectivity index (χ0) is 26.9. The molecule has 9 nitrogen and oxygen atoms in total. The molecule has 0 unspecified atom stereocenters. The second-order valence-corrected chi connectivity index (χ2v) is 12.4. The van der Waals surface area contributed by atoms with Crippen LogP contribution in [0.1, 0.15) is 44.2 Å². The minimum Gasteiger partial charge on any atom is -0.460 e. The molecule has 2 aromatic rings. The standard InChI is InChI=1S/C28H35NO8S/c1-19-12-14-21(15-13-19)38(31,32)29-17-22-25(37-28(2,3)36-22)26(35-23-11-7-8-16-33-23)24(29)27(30)34-18-20-9-5-4-6-10-20/h4-6,9-10,12-15,22-26H,7-8,11,16-18H2,1-3H3/t22-,23-,24+,25-,26-/m0/s1. The van der Waals surface area contributed by atoms with Gasteiger partial charge in [-0.2, -0.15) is 4.31 Å². The van der Waals surface area contributed by atoms with Gasteiger partial charge >= 0.3 is 5.97 Å². The summed E-state index contributed by atoms with van der Waals surface area (Å²) in [6.45, 7) is 5.86. The van der Waals surface area contributed by atoms with E-state index in [1.54, 1.807) is 38.1 Å². The summed E-state index contributed by atoms with van der Waals surface area (Å²) in [5.41, 5.74) is 1.71. The second-order valence-electron chi connectivity index (χ2n) is 10.5. The number of benzene rings is 2. The van der Waals surface area contributed by atoms with Gasteiger partial charge in [0.05, 0.1) is 4.90 Å².